The van der Waals surface area contributed by atoms with Crippen molar-refractivity contribution in [2.45, 2.75) is 26.5 Å². The number of hydrogen-bond acceptors (Lipinski definition) is 7. The van der Waals surface area contributed by atoms with E-state index in [9.17, 15) is 19.7 Å². The monoisotopic (exact) mass is 400 g/mol. The summed E-state index contributed by atoms with van der Waals surface area (Å²) in [5, 5.41) is 14.0. The Kier molecular flexibility index (Phi) is 5.96. The lowest BCUT2D eigenvalue weighted by atomic mass is 10.1. The number of esters is 1. The van der Waals surface area contributed by atoms with Crippen LogP contribution in [0, 0.1) is 17.0 Å². The van der Waals surface area contributed by atoms with E-state index >= 15 is 0 Å². The minimum Gasteiger partial charge on any atom is -0.486 e. The fraction of sp³-hybridized carbons (Fsp3) is 0.300. The Hall–Kier alpha value is -3.62. The van der Waals surface area contributed by atoms with Crippen LogP contribution in [0.3, 0.4) is 0 Å². The van der Waals surface area contributed by atoms with Gasteiger partial charge in [-0.15, -0.1) is 0 Å². The Morgan fingerprint density at radius 1 is 1.17 bits per heavy atom. The number of nitro benzene ring substituents is 1. The summed E-state index contributed by atoms with van der Waals surface area (Å²) in [5.41, 5.74) is 1.21. The smallest absolute Gasteiger partial charge is 0.346 e. The zero-order chi connectivity index (χ0) is 21.0. The standard InChI is InChI=1S/C20H20N2O7/c1-12-3-5-14(6-4-12)11-21-19(23)13(2)29-20(24)15-9-17-18(28-8-7-27-17)10-16(15)22(25)26/h3-6,9-10,13H,7-8,11H2,1-2H3,(H,21,23)/t13-/m1/s1. The molecule has 0 bridgehead atoms. The molecule has 0 unspecified atom stereocenters. The van der Waals surface area contributed by atoms with Gasteiger partial charge in [0.15, 0.2) is 17.6 Å². The first-order valence-electron chi connectivity index (χ1n) is 8.97. The van der Waals surface area contributed by atoms with Gasteiger partial charge in [0.2, 0.25) is 0 Å². The van der Waals surface area contributed by atoms with Crippen LogP contribution in [-0.4, -0.2) is 36.1 Å². The molecule has 0 spiro atoms. The van der Waals surface area contributed by atoms with Crippen LogP contribution >= 0.6 is 0 Å². The molecular formula is C20H20N2O7. The molecule has 0 aromatic heterocycles. The summed E-state index contributed by atoms with van der Waals surface area (Å²) in [5.74, 6) is -1.11. The highest BCUT2D eigenvalue weighted by molar-refractivity contribution is 5.96. The Morgan fingerprint density at radius 2 is 1.79 bits per heavy atom. The number of nitro groups is 1. The number of nitrogens with one attached hydrogen (secondary N) is 1. The highest BCUT2D eigenvalue weighted by Gasteiger charge is 2.29. The van der Waals surface area contributed by atoms with Crippen molar-refractivity contribution in [3.63, 3.8) is 0 Å². The van der Waals surface area contributed by atoms with E-state index in [0.29, 0.717) is 0 Å². The number of aryl methyl sites for hydroxylation is 1. The molecule has 29 heavy (non-hydrogen) atoms. The molecule has 1 aliphatic rings. The van der Waals surface area contributed by atoms with E-state index in [1.165, 1.54) is 13.0 Å². The number of fused-ring (bicyclic) bond motifs is 1. The fourth-order valence-electron chi connectivity index (χ4n) is 2.71. The average molecular weight is 400 g/mol. The van der Waals surface area contributed by atoms with Gasteiger partial charge >= 0.3 is 5.97 Å². The van der Waals surface area contributed by atoms with Gasteiger partial charge in [-0.05, 0) is 19.4 Å². The largest absolute Gasteiger partial charge is 0.486 e. The Balaban J connectivity index is 1.67. The van der Waals surface area contributed by atoms with Crippen molar-refractivity contribution < 1.29 is 28.7 Å². The zero-order valence-corrected chi connectivity index (χ0v) is 16.0. The van der Waals surface area contributed by atoms with Crippen molar-refractivity contribution in [1.82, 2.24) is 5.32 Å². The summed E-state index contributed by atoms with van der Waals surface area (Å²) in [6.07, 6.45) is -1.14. The van der Waals surface area contributed by atoms with Crippen LogP contribution in [-0.2, 0) is 16.1 Å². The maximum Gasteiger partial charge on any atom is 0.346 e. The molecule has 1 heterocycles. The van der Waals surface area contributed by atoms with Crippen molar-refractivity contribution in [3.05, 3.63) is 63.2 Å². The third-order valence-electron chi connectivity index (χ3n) is 4.32. The van der Waals surface area contributed by atoms with Crippen molar-refractivity contribution in [1.29, 1.82) is 0 Å². The van der Waals surface area contributed by atoms with Crippen LogP contribution < -0.4 is 14.8 Å². The summed E-state index contributed by atoms with van der Waals surface area (Å²) < 4.78 is 15.8. The molecule has 9 nitrogen and oxygen atoms in total. The molecular weight excluding hydrogens is 380 g/mol. The molecule has 2 aromatic rings. The summed E-state index contributed by atoms with van der Waals surface area (Å²) in [6, 6.07) is 9.92. The molecule has 2 aromatic carbocycles. The third-order valence-corrected chi connectivity index (χ3v) is 4.32. The van der Waals surface area contributed by atoms with Gasteiger partial charge in [-0.3, -0.25) is 14.9 Å². The lowest BCUT2D eigenvalue weighted by molar-refractivity contribution is -0.385. The van der Waals surface area contributed by atoms with Crippen molar-refractivity contribution >= 4 is 17.6 Å². The molecule has 1 atom stereocenters. The molecule has 9 heteroatoms. The van der Waals surface area contributed by atoms with E-state index in [1.54, 1.807) is 0 Å². The summed E-state index contributed by atoms with van der Waals surface area (Å²) >= 11 is 0. The van der Waals surface area contributed by atoms with Crippen molar-refractivity contribution in [2.75, 3.05) is 13.2 Å². The summed E-state index contributed by atoms with van der Waals surface area (Å²) in [7, 11) is 0. The van der Waals surface area contributed by atoms with Crippen molar-refractivity contribution in [3.8, 4) is 11.5 Å². The number of hydrogen-bond donors (Lipinski definition) is 1. The lowest BCUT2D eigenvalue weighted by Gasteiger charge is -2.19. The lowest BCUT2D eigenvalue weighted by Crippen LogP contribution is -2.35. The third kappa shape index (κ3) is 4.81. The number of carbonyl (C=O) groups is 2. The molecule has 1 N–H and O–H groups in total. The normalized spacial score (nSPS) is 13.3. The molecule has 0 saturated heterocycles. The van der Waals surface area contributed by atoms with E-state index < -0.39 is 28.6 Å². The van der Waals surface area contributed by atoms with E-state index in [4.69, 9.17) is 14.2 Å². The second-order valence-corrected chi connectivity index (χ2v) is 6.52. The highest BCUT2D eigenvalue weighted by Crippen LogP contribution is 2.37. The highest BCUT2D eigenvalue weighted by atomic mass is 16.6. The average Bonchev–Trinajstić information content (AvgIpc) is 2.71. The first kappa shape index (κ1) is 20.1. The van der Waals surface area contributed by atoms with Gasteiger partial charge in [0.05, 0.1) is 11.0 Å². The SMILES string of the molecule is Cc1ccc(CNC(=O)[C@@H](C)OC(=O)c2cc3c(cc2[N+](=O)[O-])OCCO3)cc1. The topological polar surface area (TPSA) is 117 Å². The van der Waals surface area contributed by atoms with Crippen molar-refractivity contribution in [2.24, 2.45) is 0 Å². The van der Waals surface area contributed by atoms with Crippen LogP contribution in [0.2, 0.25) is 0 Å². The molecule has 0 radical (unpaired) electrons. The molecule has 1 aliphatic heterocycles. The van der Waals surface area contributed by atoms with Gasteiger partial charge in [-0.25, -0.2) is 4.79 Å². The molecule has 3 rings (SSSR count). The predicted octanol–water partition coefficient (Wildman–Crippen LogP) is 2.54. The predicted molar refractivity (Wildman–Crippen MR) is 102 cm³/mol. The quantitative estimate of drug-likeness (QED) is 0.450. The van der Waals surface area contributed by atoms with Crippen LogP contribution in [0.5, 0.6) is 11.5 Å². The van der Waals surface area contributed by atoms with Gasteiger partial charge in [0.1, 0.15) is 18.8 Å². The van der Waals surface area contributed by atoms with Crippen LogP contribution in [0.4, 0.5) is 5.69 Å². The first-order valence-corrected chi connectivity index (χ1v) is 8.97. The number of carbonyl (C=O) groups excluding carboxylic acids is 2. The minimum absolute atomic E-state index is 0.184. The number of ether oxygens (including phenoxy) is 3. The number of amides is 1. The Labute approximate surface area is 166 Å². The summed E-state index contributed by atoms with van der Waals surface area (Å²) in [6.45, 7) is 4.14. The first-order chi connectivity index (χ1) is 13.8. The van der Waals surface area contributed by atoms with Gasteiger partial charge in [0.25, 0.3) is 11.6 Å². The van der Waals surface area contributed by atoms with Gasteiger partial charge in [0, 0.05) is 12.6 Å². The molecule has 1 amide bonds. The van der Waals surface area contributed by atoms with Gasteiger partial charge in [-0.2, -0.15) is 0 Å². The molecule has 0 aliphatic carbocycles. The minimum atomic E-state index is -1.14. The molecule has 0 saturated carbocycles. The maximum atomic E-state index is 12.5. The second-order valence-electron chi connectivity index (χ2n) is 6.52. The number of rotatable bonds is 6. The Bertz CT molecular complexity index is 941. The number of nitrogens with zero attached hydrogens (tertiary/aromatic N) is 1. The van der Waals surface area contributed by atoms with E-state index in [-0.39, 0.29) is 36.8 Å². The fourth-order valence-corrected chi connectivity index (χ4v) is 2.71. The van der Waals surface area contributed by atoms with E-state index in [2.05, 4.69) is 5.32 Å². The van der Waals surface area contributed by atoms with Crippen LogP contribution in [0.15, 0.2) is 36.4 Å². The van der Waals surface area contributed by atoms with Crippen LogP contribution in [0.25, 0.3) is 0 Å². The Morgan fingerprint density at radius 3 is 2.41 bits per heavy atom. The second kappa shape index (κ2) is 8.59. The zero-order valence-electron chi connectivity index (χ0n) is 16.0. The molecule has 0 fully saturated rings. The number of benzene rings is 2. The van der Waals surface area contributed by atoms with E-state index in [0.717, 1.165) is 17.2 Å². The van der Waals surface area contributed by atoms with Crippen LogP contribution in [0.1, 0.15) is 28.4 Å². The summed E-state index contributed by atoms with van der Waals surface area (Å²) in [4.78, 5) is 35.3. The maximum absolute atomic E-state index is 12.5. The molecule has 152 valence electrons. The van der Waals surface area contributed by atoms with Gasteiger partial charge in [-0.1, -0.05) is 29.8 Å². The van der Waals surface area contributed by atoms with E-state index in [1.807, 2.05) is 31.2 Å². The van der Waals surface area contributed by atoms with Gasteiger partial charge < -0.3 is 19.5 Å².